The highest BCUT2D eigenvalue weighted by Crippen LogP contribution is 1.85. The molecule has 0 bridgehead atoms. The largest absolute Gasteiger partial charge is 0.303 e. The first-order valence-electron chi connectivity index (χ1n) is 2.13. The molecule has 0 aromatic heterocycles. The molecule has 0 heterocycles. The van der Waals surface area contributed by atoms with Crippen molar-refractivity contribution in [1.29, 1.82) is 0 Å². The van der Waals surface area contributed by atoms with E-state index in [1.807, 2.05) is 13.3 Å². The summed E-state index contributed by atoms with van der Waals surface area (Å²) in [5.74, 6) is 0. The van der Waals surface area contributed by atoms with Gasteiger partial charge in [0.25, 0.3) is 0 Å². The molecule has 0 saturated heterocycles. The van der Waals surface area contributed by atoms with Gasteiger partial charge in [0.2, 0.25) is 0 Å². The summed E-state index contributed by atoms with van der Waals surface area (Å²) >= 11 is 0. The van der Waals surface area contributed by atoms with Crippen LogP contribution in [0.4, 0.5) is 0 Å². The fourth-order valence-electron chi connectivity index (χ4n) is 0.235. The van der Waals surface area contributed by atoms with E-state index in [9.17, 15) is 4.79 Å². The van der Waals surface area contributed by atoms with E-state index in [4.69, 9.17) is 0 Å². The number of hydrogen-bond donors (Lipinski definition) is 0. The second-order valence-electron chi connectivity index (χ2n) is 1.15. The third-order valence-electron chi connectivity index (χ3n) is 0.573. The maximum atomic E-state index is 9.54. The Morgan fingerprint density at radius 2 is 2.17 bits per heavy atom. The zero-order chi connectivity index (χ0) is 4.83. The van der Waals surface area contributed by atoms with Crippen LogP contribution in [0.15, 0.2) is 0 Å². The van der Waals surface area contributed by atoms with E-state index in [0.717, 1.165) is 12.7 Å². The van der Waals surface area contributed by atoms with E-state index in [0.29, 0.717) is 6.42 Å². The molecule has 0 unspecified atom stereocenters. The fourth-order valence-corrected chi connectivity index (χ4v) is 0.235. The van der Waals surface area contributed by atoms with Crippen LogP contribution in [0.3, 0.4) is 0 Å². The molecule has 0 aliphatic heterocycles. The molecule has 0 spiro atoms. The maximum Gasteiger partial charge on any atom is 0.120 e. The minimum absolute atomic E-state index is 0.677. The lowest BCUT2D eigenvalue weighted by Crippen LogP contribution is -1.71. The lowest BCUT2D eigenvalue weighted by Gasteiger charge is -1.78. The van der Waals surface area contributed by atoms with Crippen LogP contribution in [0, 0.1) is 6.42 Å². The molecule has 1 heteroatoms. The zero-order valence-corrected chi connectivity index (χ0v) is 3.98. The van der Waals surface area contributed by atoms with Crippen molar-refractivity contribution in [3.63, 3.8) is 0 Å². The lowest BCUT2D eigenvalue weighted by molar-refractivity contribution is -0.107. The van der Waals surface area contributed by atoms with Gasteiger partial charge >= 0.3 is 0 Å². The van der Waals surface area contributed by atoms with Gasteiger partial charge in [-0.1, -0.05) is 6.92 Å². The summed E-state index contributed by atoms with van der Waals surface area (Å²) in [4.78, 5) is 9.54. The quantitative estimate of drug-likeness (QED) is 0.371. The van der Waals surface area contributed by atoms with Gasteiger partial charge in [-0.2, -0.15) is 0 Å². The number of carbonyl (C=O) groups excluding carboxylic acids is 1. The molecule has 0 fully saturated rings. The SMILES string of the molecule is C[CH]CCC=O. The van der Waals surface area contributed by atoms with E-state index in [1.54, 1.807) is 0 Å². The van der Waals surface area contributed by atoms with Gasteiger partial charge < -0.3 is 4.79 Å². The molecule has 0 N–H and O–H groups in total. The second-order valence-corrected chi connectivity index (χ2v) is 1.15. The van der Waals surface area contributed by atoms with E-state index >= 15 is 0 Å². The molecule has 0 aliphatic carbocycles. The van der Waals surface area contributed by atoms with E-state index < -0.39 is 0 Å². The molecule has 0 aromatic rings. The van der Waals surface area contributed by atoms with Crippen LogP contribution in [0.1, 0.15) is 19.8 Å². The third-order valence-corrected chi connectivity index (χ3v) is 0.573. The van der Waals surface area contributed by atoms with Gasteiger partial charge in [0.15, 0.2) is 0 Å². The van der Waals surface area contributed by atoms with Crippen LogP contribution in [0.25, 0.3) is 0 Å². The Labute approximate surface area is 38.4 Å². The van der Waals surface area contributed by atoms with Crippen LogP contribution in [0.5, 0.6) is 0 Å². The van der Waals surface area contributed by atoms with Gasteiger partial charge in [-0.25, -0.2) is 0 Å². The number of rotatable bonds is 3. The molecule has 0 aromatic carbocycles. The molecule has 0 amide bonds. The fraction of sp³-hybridized carbons (Fsp3) is 0.600. The monoisotopic (exact) mass is 85.1 g/mol. The van der Waals surface area contributed by atoms with Crippen molar-refractivity contribution < 1.29 is 4.79 Å². The van der Waals surface area contributed by atoms with E-state index in [-0.39, 0.29) is 0 Å². The summed E-state index contributed by atoms with van der Waals surface area (Å²) in [7, 11) is 0. The average Bonchev–Trinajstić information content (AvgIpc) is 1.61. The Kier molecular flexibility index (Phi) is 4.41. The highest BCUT2D eigenvalue weighted by atomic mass is 16.1. The Morgan fingerprint density at radius 3 is 2.33 bits per heavy atom. The van der Waals surface area contributed by atoms with Gasteiger partial charge in [0, 0.05) is 6.42 Å². The first-order chi connectivity index (χ1) is 2.91. The molecular weight excluding hydrogens is 76.1 g/mol. The molecule has 0 rings (SSSR count). The molecule has 0 aliphatic rings. The summed E-state index contributed by atoms with van der Waals surface area (Å²) in [5, 5.41) is 0. The highest BCUT2D eigenvalue weighted by molar-refractivity contribution is 5.49. The highest BCUT2D eigenvalue weighted by Gasteiger charge is 1.75. The van der Waals surface area contributed by atoms with Crippen LogP contribution in [-0.2, 0) is 4.79 Å². The van der Waals surface area contributed by atoms with Crippen LogP contribution >= 0.6 is 0 Å². The average molecular weight is 85.1 g/mol. The lowest BCUT2D eigenvalue weighted by atomic mass is 10.3. The predicted molar refractivity (Wildman–Crippen MR) is 25.3 cm³/mol. The van der Waals surface area contributed by atoms with Crippen molar-refractivity contribution in [1.82, 2.24) is 0 Å². The summed E-state index contributed by atoms with van der Waals surface area (Å²) in [6.45, 7) is 1.95. The summed E-state index contributed by atoms with van der Waals surface area (Å²) in [6, 6.07) is 0. The smallest absolute Gasteiger partial charge is 0.120 e. The number of carbonyl (C=O) groups is 1. The Balaban J connectivity index is 2.49. The standard InChI is InChI=1S/C5H9O/c1-2-3-4-5-6/h2,5H,3-4H2,1H3. The van der Waals surface area contributed by atoms with Crippen molar-refractivity contribution >= 4 is 6.29 Å². The molecule has 0 atom stereocenters. The minimum Gasteiger partial charge on any atom is -0.303 e. The van der Waals surface area contributed by atoms with Crippen LogP contribution in [0.2, 0.25) is 0 Å². The van der Waals surface area contributed by atoms with Crippen molar-refractivity contribution in [3.05, 3.63) is 6.42 Å². The Bertz CT molecular complexity index is 32.9. The normalized spacial score (nSPS) is 8.17. The summed E-state index contributed by atoms with van der Waals surface area (Å²) in [5.41, 5.74) is 0. The van der Waals surface area contributed by atoms with Gasteiger partial charge in [-0.05, 0) is 12.8 Å². The van der Waals surface area contributed by atoms with Crippen molar-refractivity contribution in [2.75, 3.05) is 0 Å². The topological polar surface area (TPSA) is 17.1 Å². The van der Waals surface area contributed by atoms with Crippen LogP contribution < -0.4 is 0 Å². The molecule has 1 radical (unpaired) electrons. The first kappa shape index (κ1) is 5.67. The molecule has 35 valence electrons. The minimum atomic E-state index is 0.677. The van der Waals surface area contributed by atoms with Gasteiger partial charge in [0.05, 0.1) is 0 Å². The van der Waals surface area contributed by atoms with E-state index in [2.05, 4.69) is 0 Å². The third kappa shape index (κ3) is 3.67. The predicted octanol–water partition coefficient (Wildman–Crippen LogP) is 1.19. The number of hydrogen-bond acceptors (Lipinski definition) is 1. The summed E-state index contributed by atoms with van der Waals surface area (Å²) < 4.78 is 0. The second kappa shape index (κ2) is 4.67. The molecule has 0 saturated carbocycles. The van der Waals surface area contributed by atoms with Crippen molar-refractivity contribution in [3.8, 4) is 0 Å². The zero-order valence-electron chi connectivity index (χ0n) is 3.98. The van der Waals surface area contributed by atoms with Crippen molar-refractivity contribution in [2.45, 2.75) is 19.8 Å². The van der Waals surface area contributed by atoms with E-state index in [1.165, 1.54) is 0 Å². The number of aldehydes is 1. The van der Waals surface area contributed by atoms with Crippen LogP contribution in [-0.4, -0.2) is 6.29 Å². The molecular formula is C5H9O. The Morgan fingerprint density at radius 1 is 1.50 bits per heavy atom. The van der Waals surface area contributed by atoms with Crippen molar-refractivity contribution in [2.24, 2.45) is 0 Å². The Hall–Kier alpha value is -0.330. The summed E-state index contributed by atoms with van der Waals surface area (Å²) in [6.07, 6.45) is 4.51. The van der Waals surface area contributed by atoms with Gasteiger partial charge in [0.1, 0.15) is 6.29 Å². The maximum absolute atomic E-state index is 9.54. The first-order valence-corrected chi connectivity index (χ1v) is 2.13. The molecule has 1 nitrogen and oxygen atoms in total. The molecule has 6 heavy (non-hydrogen) atoms. The van der Waals surface area contributed by atoms with Gasteiger partial charge in [-0.15, -0.1) is 0 Å². The number of unbranched alkanes of at least 4 members (excludes halogenated alkanes) is 2. The van der Waals surface area contributed by atoms with Gasteiger partial charge in [-0.3, -0.25) is 0 Å².